The Balaban J connectivity index is 1.92. The van der Waals surface area contributed by atoms with Crippen LogP contribution in [-0.2, 0) is 6.54 Å². The number of nitrogens with zero attached hydrogens (tertiary/aromatic N) is 2. The second-order valence-corrected chi connectivity index (χ2v) is 6.52. The minimum atomic E-state index is -0.313. The quantitative estimate of drug-likeness (QED) is 0.492. The van der Waals surface area contributed by atoms with E-state index in [0.29, 0.717) is 5.01 Å². The SMILES string of the molecule is CCC1CN(Cc2csc(C(=O)NN)n2)CCS1. The third-order valence-corrected chi connectivity index (χ3v) is 5.20. The Morgan fingerprint density at radius 2 is 2.56 bits per heavy atom. The van der Waals surface area contributed by atoms with Gasteiger partial charge in [0, 0.05) is 36.0 Å². The molecule has 1 aliphatic rings. The summed E-state index contributed by atoms with van der Waals surface area (Å²) >= 11 is 3.39. The van der Waals surface area contributed by atoms with Gasteiger partial charge in [0.15, 0.2) is 5.01 Å². The van der Waals surface area contributed by atoms with Crippen LogP contribution in [0.1, 0.15) is 28.8 Å². The number of carbonyl (C=O) groups is 1. The van der Waals surface area contributed by atoms with Crippen molar-refractivity contribution < 1.29 is 4.79 Å². The van der Waals surface area contributed by atoms with Gasteiger partial charge in [-0.3, -0.25) is 15.1 Å². The van der Waals surface area contributed by atoms with E-state index in [2.05, 4.69) is 34.0 Å². The van der Waals surface area contributed by atoms with Crippen LogP contribution < -0.4 is 11.3 Å². The van der Waals surface area contributed by atoms with E-state index < -0.39 is 0 Å². The molecule has 1 fully saturated rings. The molecule has 5 nitrogen and oxygen atoms in total. The standard InChI is InChI=1S/C11H18N4OS2/c1-2-9-6-15(3-4-17-9)5-8-7-18-11(13-8)10(16)14-12/h7,9H,2-6,12H2,1H3,(H,14,16). The van der Waals surface area contributed by atoms with E-state index in [0.717, 1.165) is 30.6 Å². The first-order chi connectivity index (χ1) is 8.72. The summed E-state index contributed by atoms with van der Waals surface area (Å²) in [5.74, 6) is 5.95. The Morgan fingerprint density at radius 1 is 1.72 bits per heavy atom. The van der Waals surface area contributed by atoms with Crippen LogP contribution in [-0.4, -0.2) is 39.9 Å². The Morgan fingerprint density at radius 3 is 3.28 bits per heavy atom. The zero-order valence-electron chi connectivity index (χ0n) is 10.4. The molecule has 0 aromatic carbocycles. The maximum Gasteiger partial charge on any atom is 0.294 e. The van der Waals surface area contributed by atoms with E-state index in [4.69, 9.17) is 5.84 Å². The molecule has 1 amide bonds. The molecule has 1 aliphatic heterocycles. The second-order valence-electron chi connectivity index (χ2n) is 4.25. The van der Waals surface area contributed by atoms with Gasteiger partial charge in [0.2, 0.25) is 0 Å². The average Bonchev–Trinajstić information content (AvgIpc) is 2.86. The molecule has 18 heavy (non-hydrogen) atoms. The average molecular weight is 286 g/mol. The minimum absolute atomic E-state index is 0.313. The van der Waals surface area contributed by atoms with Crippen molar-refractivity contribution >= 4 is 29.0 Å². The van der Waals surface area contributed by atoms with Crippen molar-refractivity contribution in [2.24, 2.45) is 5.84 Å². The predicted octanol–water partition coefficient (Wildman–Crippen LogP) is 1.07. The van der Waals surface area contributed by atoms with Gasteiger partial charge in [-0.15, -0.1) is 11.3 Å². The maximum absolute atomic E-state index is 11.3. The molecule has 3 N–H and O–H groups in total. The number of amides is 1. The summed E-state index contributed by atoms with van der Waals surface area (Å²) in [6.07, 6.45) is 1.21. The molecule has 1 unspecified atom stereocenters. The molecule has 1 aromatic heterocycles. The van der Waals surface area contributed by atoms with Gasteiger partial charge < -0.3 is 0 Å². The maximum atomic E-state index is 11.3. The van der Waals surface area contributed by atoms with E-state index in [-0.39, 0.29) is 5.91 Å². The zero-order valence-corrected chi connectivity index (χ0v) is 12.0. The number of nitrogens with one attached hydrogen (secondary N) is 1. The number of hydrogen-bond acceptors (Lipinski definition) is 6. The van der Waals surface area contributed by atoms with Crippen molar-refractivity contribution in [1.29, 1.82) is 0 Å². The highest BCUT2D eigenvalue weighted by molar-refractivity contribution is 8.00. The fourth-order valence-electron chi connectivity index (χ4n) is 1.95. The van der Waals surface area contributed by atoms with Crippen LogP contribution in [0, 0.1) is 0 Å². The number of hydrogen-bond donors (Lipinski definition) is 2. The molecule has 0 radical (unpaired) electrons. The third-order valence-electron chi connectivity index (χ3n) is 2.94. The van der Waals surface area contributed by atoms with Crippen molar-refractivity contribution in [3.63, 3.8) is 0 Å². The van der Waals surface area contributed by atoms with Crippen LogP contribution in [0.3, 0.4) is 0 Å². The van der Waals surface area contributed by atoms with Crippen LogP contribution in [0.2, 0.25) is 0 Å². The molecular formula is C11H18N4OS2. The van der Waals surface area contributed by atoms with Gasteiger partial charge in [0.25, 0.3) is 5.91 Å². The van der Waals surface area contributed by atoms with Crippen molar-refractivity contribution in [3.8, 4) is 0 Å². The van der Waals surface area contributed by atoms with Crippen LogP contribution in [0.5, 0.6) is 0 Å². The first-order valence-electron chi connectivity index (χ1n) is 6.02. The number of hydrazine groups is 1. The lowest BCUT2D eigenvalue weighted by Gasteiger charge is -2.31. The number of carbonyl (C=O) groups excluding carboxylic acids is 1. The molecule has 1 atom stereocenters. The van der Waals surface area contributed by atoms with Gasteiger partial charge in [-0.1, -0.05) is 6.92 Å². The largest absolute Gasteiger partial charge is 0.296 e. The normalized spacial score (nSPS) is 20.9. The van der Waals surface area contributed by atoms with Crippen molar-refractivity contribution in [1.82, 2.24) is 15.3 Å². The molecule has 0 saturated carbocycles. The monoisotopic (exact) mass is 286 g/mol. The highest BCUT2D eigenvalue weighted by atomic mass is 32.2. The second kappa shape index (κ2) is 6.51. The number of nitrogen functional groups attached to an aromatic ring is 1. The van der Waals surface area contributed by atoms with E-state index in [9.17, 15) is 4.79 Å². The Hall–Kier alpha value is -0.630. The first kappa shape index (κ1) is 13.8. The minimum Gasteiger partial charge on any atom is -0.296 e. The molecule has 2 heterocycles. The fraction of sp³-hybridized carbons (Fsp3) is 0.636. The number of thioether (sulfide) groups is 1. The molecular weight excluding hydrogens is 268 g/mol. The lowest BCUT2D eigenvalue weighted by atomic mass is 10.3. The van der Waals surface area contributed by atoms with Crippen LogP contribution in [0.25, 0.3) is 0 Å². The summed E-state index contributed by atoms with van der Waals surface area (Å²) in [5, 5.41) is 3.10. The highest BCUT2D eigenvalue weighted by Gasteiger charge is 2.20. The molecule has 1 aromatic rings. The van der Waals surface area contributed by atoms with E-state index in [1.165, 1.54) is 23.5 Å². The Labute approximate surface area is 115 Å². The summed E-state index contributed by atoms with van der Waals surface area (Å²) in [6, 6.07) is 0. The van der Waals surface area contributed by atoms with Crippen molar-refractivity contribution in [2.75, 3.05) is 18.8 Å². The molecule has 7 heteroatoms. The third kappa shape index (κ3) is 3.44. The molecule has 2 rings (SSSR count). The van der Waals surface area contributed by atoms with Crippen molar-refractivity contribution in [2.45, 2.75) is 25.1 Å². The van der Waals surface area contributed by atoms with Crippen molar-refractivity contribution in [3.05, 3.63) is 16.1 Å². The number of nitrogens with two attached hydrogens (primary N) is 1. The van der Waals surface area contributed by atoms with Crippen LogP contribution in [0.4, 0.5) is 0 Å². The molecule has 0 spiro atoms. The molecule has 1 saturated heterocycles. The summed E-state index contributed by atoms with van der Waals surface area (Å²) in [7, 11) is 0. The van der Waals surface area contributed by atoms with Crippen LogP contribution in [0.15, 0.2) is 5.38 Å². The summed E-state index contributed by atoms with van der Waals surface area (Å²) in [4.78, 5) is 18.0. The molecule has 0 bridgehead atoms. The van der Waals surface area contributed by atoms with E-state index >= 15 is 0 Å². The van der Waals surface area contributed by atoms with Gasteiger partial charge >= 0.3 is 0 Å². The Bertz CT molecular complexity index is 410. The number of rotatable bonds is 4. The smallest absolute Gasteiger partial charge is 0.294 e. The predicted molar refractivity (Wildman–Crippen MR) is 75.6 cm³/mol. The lowest BCUT2D eigenvalue weighted by Crippen LogP contribution is -2.37. The highest BCUT2D eigenvalue weighted by Crippen LogP contribution is 2.22. The molecule has 100 valence electrons. The fourth-order valence-corrected chi connectivity index (χ4v) is 3.91. The summed E-state index contributed by atoms with van der Waals surface area (Å²) < 4.78 is 0. The van der Waals surface area contributed by atoms with Gasteiger partial charge in [0.1, 0.15) is 0 Å². The lowest BCUT2D eigenvalue weighted by molar-refractivity contribution is 0.0953. The number of thiazole rings is 1. The van der Waals surface area contributed by atoms with E-state index in [1.807, 2.05) is 5.38 Å². The summed E-state index contributed by atoms with van der Waals surface area (Å²) in [5.41, 5.74) is 3.07. The van der Waals surface area contributed by atoms with Gasteiger partial charge in [-0.05, 0) is 6.42 Å². The van der Waals surface area contributed by atoms with Gasteiger partial charge in [-0.2, -0.15) is 11.8 Å². The number of aromatic nitrogens is 1. The van der Waals surface area contributed by atoms with Crippen LogP contribution >= 0.6 is 23.1 Å². The topological polar surface area (TPSA) is 71.2 Å². The molecule has 0 aliphatic carbocycles. The van der Waals surface area contributed by atoms with Gasteiger partial charge in [0.05, 0.1) is 5.69 Å². The summed E-state index contributed by atoms with van der Waals surface area (Å²) in [6.45, 7) is 5.26. The Kier molecular flexibility index (Phi) is 4.99. The van der Waals surface area contributed by atoms with Gasteiger partial charge in [-0.25, -0.2) is 10.8 Å². The first-order valence-corrected chi connectivity index (χ1v) is 7.95. The zero-order chi connectivity index (χ0) is 13.0. The van der Waals surface area contributed by atoms with E-state index in [1.54, 1.807) is 0 Å².